The van der Waals surface area contributed by atoms with Crippen LogP contribution in [0.2, 0.25) is 5.02 Å². The van der Waals surface area contributed by atoms with Gasteiger partial charge < -0.3 is 14.8 Å². The van der Waals surface area contributed by atoms with E-state index in [0.29, 0.717) is 34.1 Å². The highest BCUT2D eigenvalue weighted by Crippen LogP contribution is 2.33. The SMILES string of the molecule is CCOC(=O)C1=C(COc2ccc(C(C)=O)cc2)N(CC)C(=O)N[C@@H]1c1cccc(Cl)c1. The smallest absolute Gasteiger partial charge is 0.338 e. The predicted molar refractivity (Wildman–Crippen MR) is 121 cm³/mol. The molecule has 1 atom stereocenters. The first-order valence-corrected chi connectivity index (χ1v) is 10.7. The van der Waals surface area contributed by atoms with Crippen molar-refractivity contribution in [1.82, 2.24) is 10.2 Å². The zero-order valence-corrected chi connectivity index (χ0v) is 18.9. The highest BCUT2D eigenvalue weighted by molar-refractivity contribution is 6.30. The van der Waals surface area contributed by atoms with Crippen LogP contribution < -0.4 is 10.1 Å². The molecule has 2 amide bonds. The first kappa shape index (κ1) is 23.3. The summed E-state index contributed by atoms with van der Waals surface area (Å²) in [6.07, 6.45) is 0. The number of hydrogen-bond donors (Lipinski definition) is 1. The number of urea groups is 1. The normalized spacial score (nSPS) is 15.9. The molecule has 2 aromatic carbocycles. The third-order valence-corrected chi connectivity index (χ3v) is 5.30. The molecule has 7 nitrogen and oxygen atoms in total. The topological polar surface area (TPSA) is 84.9 Å². The summed E-state index contributed by atoms with van der Waals surface area (Å²) < 4.78 is 11.2. The van der Waals surface area contributed by atoms with E-state index in [-0.39, 0.29) is 30.6 Å². The van der Waals surface area contributed by atoms with E-state index in [1.54, 1.807) is 55.5 Å². The number of benzene rings is 2. The van der Waals surface area contributed by atoms with Gasteiger partial charge >= 0.3 is 12.0 Å². The lowest BCUT2D eigenvalue weighted by molar-refractivity contribution is -0.139. The molecule has 0 aliphatic carbocycles. The second-order valence-electron chi connectivity index (χ2n) is 7.13. The zero-order chi connectivity index (χ0) is 23.3. The van der Waals surface area contributed by atoms with E-state index in [2.05, 4.69) is 5.32 Å². The number of likely N-dealkylation sites (N-methyl/N-ethyl adjacent to an activating group) is 1. The highest BCUT2D eigenvalue weighted by atomic mass is 35.5. The Balaban J connectivity index is 2.02. The third-order valence-electron chi connectivity index (χ3n) is 5.07. The summed E-state index contributed by atoms with van der Waals surface area (Å²) >= 11 is 6.15. The zero-order valence-electron chi connectivity index (χ0n) is 18.2. The molecule has 32 heavy (non-hydrogen) atoms. The number of Topliss-reactive ketones (excluding diaryl/α,β-unsaturated/α-hetero) is 1. The second kappa shape index (κ2) is 10.3. The fourth-order valence-corrected chi connectivity index (χ4v) is 3.72. The molecule has 1 aliphatic heterocycles. The van der Waals surface area contributed by atoms with E-state index >= 15 is 0 Å². The van der Waals surface area contributed by atoms with Gasteiger partial charge in [-0.2, -0.15) is 0 Å². The largest absolute Gasteiger partial charge is 0.487 e. The summed E-state index contributed by atoms with van der Waals surface area (Å²) in [6, 6.07) is 12.6. The van der Waals surface area contributed by atoms with Crippen LogP contribution in [-0.2, 0) is 9.53 Å². The number of hydrogen-bond acceptors (Lipinski definition) is 5. The number of ketones is 1. The van der Waals surface area contributed by atoms with Crippen LogP contribution in [-0.4, -0.2) is 42.4 Å². The van der Waals surface area contributed by atoms with Gasteiger partial charge in [0.15, 0.2) is 5.78 Å². The van der Waals surface area contributed by atoms with Crippen LogP contribution in [0.25, 0.3) is 0 Å². The Labute approximate surface area is 191 Å². The van der Waals surface area contributed by atoms with Crippen LogP contribution in [0.3, 0.4) is 0 Å². The van der Waals surface area contributed by atoms with E-state index in [1.165, 1.54) is 11.8 Å². The number of carbonyl (C=O) groups excluding carboxylic acids is 3. The van der Waals surface area contributed by atoms with Crippen LogP contribution in [0.4, 0.5) is 4.79 Å². The Kier molecular flexibility index (Phi) is 7.53. The van der Waals surface area contributed by atoms with Crippen molar-refractivity contribution in [3.63, 3.8) is 0 Å². The molecular weight excluding hydrogens is 432 g/mol. The molecule has 2 aromatic rings. The van der Waals surface area contributed by atoms with Gasteiger partial charge in [-0.15, -0.1) is 0 Å². The first-order valence-electron chi connectivity index (χ1n) is 10.3. The van der Waals surface area contributed by atoms with Crippen molar-refractivity contribution in [2.75, 3.05) is 19.8 Å². The molecule has 1 N–H and O–H groups in total. The van der Waals surface area contributed by atoms with Gasteiger partial charge in [0.05, 0.1) is 23.9 Å². The summed E-state index contributed by atoms with van der Waals surface area (Å²) in [5.41, 5.74) is 1.93. The Morgan fingerprint density at radius 1 is 1.12 bits per heavy atom. The van der Waals surface area contributed by atoms with Crippen LogP contribution in [0.1, 0.15) is 42.7 Å². The molecule has 0 aromatic heterocycles. The van der Waals surface area contributed by atoms with Gasteiger partial charge in [0, 0.05) is 17.1 Å². The summed E-state index contributed by atoms with van der Waals surface area (Å²) in [4.78, 5) is 38.8. The van der Waals surface area contributed by atoms with Gasteiger partial charge in [0.1, 0.15) is 12.4 Å². The lowest BCUT2D eigenvalue weighted by Crippen LogP contribution is -2.49. The molecule has 0 fully saturated rings. The number of carbonyl (C=O) groups is 3. The predicted octanol–water partition coefficient (Wildman–Crippen LogP) is 4.53. The fraction of sp³-hybridized carbons (Fsp3) is 0.292. The van der Waals surface area contributed by atoms with Crippen molar-refractivity contribution in [2.24, 2.45) is 0 Å². The number of nitrogens with zero attached hydrogens (tertiary/aromatic N) is 1. The van der Waals surface area contributed by atoms with Crippen molar-refractivity contribution in [3.8, 4) is 5.75 Å². The number of rotatable bonds is 8. The second-order valence-corrected chi connectivity index (χ2v) is 7.57. The molecule has 0 bridgehead atoms. The van der Waals surface area contributed by atoms with Crippen molar-refractivity contribution in [3.05, 3.63) is 76.0 Å². The molecule has 3 rings (SSSR count). The van der Waals surface area contributed by atoms with E-state index in [1.807, 2.05) is 6.92 Å². The quantitative estimate of drug-likeness (QED) is 0.466. The lowest BCUT2D eigenvalue weighted by atomic mass is 9.94. The average Bonchev–Trinajstić information content (AvgIpc) is 2.77. The minimum absolute atomic E-state index is 0.0358. The van der Waals surface area contributed by atoms with Crippen molar-refractivity contribution in [1.29, 1.82) is 0 Å². The van der Waals surface area contributed by atoms with E-state index < -0.39 is 12.0 Å². The lowest BCUT2D eigenvalue weighted by Gasteiger charge is -2.36. The Hall–Kier alpha value is -3.32. The van der Waals surface area contributed by atoms with E-state index in [9.17, 15) is 14.4 Å². The molecule has 168 valence electrons. The Morgan fingerprint density at radius 3 is 2.44 bits per heavy atom. The molecule has 1 heterocycles. The van der Waals surface area contributed by atoms with Crippen molar-refractivity contribution < 1.29 is 23.9 Å². The molecule has 1 aliphatic rings. The fourth-order valence-electron chi connectivity index (χ4n) is 3.52. The van der Waals surface area contributed by atoms with Crippen molar-refractivity contribution in [2.45, 2.75) is 26.8 Å². The Bertz CT molecular complexity index is 1050. The number of halogens is 1. The van der Waals surface area contributed by atoms with Gasteiger partial charge in [0.25, 0.3) is 0 Å². The maximum Gasteiger partial charge on any atom is 0.338 e. The van der Waals surface area contributed by atoms with Gasteiger partial charge in [-0.1, -0.05) is 23.7 Å². The summed E-state index contributed by atoms with van der Waals surface area (Å²) in [7, 11) is 0. The number of nitrogens with one attached hydrogen (secondary N) is 1. The number of amides is 2. The third kappa shape index (κ3) is 5.11. The average molecular weight is 457 g/mol. The summed E-state index contributed by atoms with van der Waals surface area (Å²) in [5.74, 6) is -0.0807. The molecule has 8 heteroatoms. The van der Waals surface area contributed by atoms with Crippen LogP contribution in [0.15, 0.2) is 59.8 Å². The number of esters is 1. The molecule has 0 saturated carbocycles. The first-order chi connectivity index (χ1) is 15.3. The molecule has 0 radical (unpaired) electrons. The van der Waals surface area contributed by atoms with E-state index in [4.69, 9.17) is 21.1 Å². The maximum absolute atomic E-state index is 13.0. The monoisotopic (exact) mass is 456 g/mol. The minimum Gasteiger partial charge on any atom is -0.487 e. The van der Waals surface area contributed by atoms with Crippen molar-refractivity contribution >= 4 is 29.4 Å². The van der Waals surface area contributed by atoms with Gasteiger partial charge in [0.2, 0.25) is 0 Å². The highest BCUT2D eigenvalue weighted by Gasteiger charge is 2.38. The molecule has 0 saturated heterocycles. The van der Waals surface area contributed by atoms with Gasteiger partial charge in [-0.25, -0.2) is 9.59 Å². The maximum atomic E-state index is 13.0. The van der Waals surface area contributed by atoms with Crippen LogP contribution >= 0.6 is 11.6 Å². The summed E-state index contributed by atoms with van der Waals surface area (Å²) in [5, 5.41) is 3.36. The van der Waals surface area contributed by atoms with Crippen LogP contribution in [0.5, 0.6) is 5.75 Å². The number of ether oxygens (including phenoxy) is 2. The van der Waals surface area contributed by atoms with Gasteiger partial charge in [-0.05, 0) is 62.7 Å². The standard InChI is InChI=1S/C24H25ClN2O5/c1-4-27-20(14-32-19-11-9-16(10-12-19)15(3)28)21(23(29)31-5-2)22(26-24(27)30)17-7-6-8-18(25)13-17/h6-13,22H,4-5,14H2,1-3H3,(H,26,30)/t22-/m1/s1. The Morgan fingerprint density at radius 2 is 1.84 bits per heavy atom. The summed E-state index contributed by atoms with van der Waals surface area (Å²) in [6.45, 7) is 5.50. The molecule has 0 spiro atoms. The van der Waals surface area contributed by atoms with Gasteiger partial charge in [-0.3, -0.25) is 9.69 Å². The minimum atomic E-state index is -0.735. The molecule has 0 unspecified atom stereocenters. The van der Waals surface area contributed by atoms with Crippen LogP contribution in [0, 0.1) is 0 Å². The molecular formula is C24H25ClN2O5. The van der Waals surface area contributed by atoms with E-state index in [0.717, 1.165) is 0 Å².